The van der Waals surface area contributed by atoms with E-state index in [1.165, 1.54) is 41.1 Å². The number of anilines is 1. The van der Waals surface area contributed by atoms with Crippen LogP contribution in [0.15, 0.2) is 48.5 Å². The molecular formula is C27H28F2N4O4. The molecule has 1 N–H and O–H groups in total. The number of likely N-dealkylation sites (tertiary alicyclic amines) is 1. The number of nitrogens with zero attached hydrogens (tertiary/aromatic N) is 3. The highest BCUT2D eigenvalue weighted by molar-refractivity contribution is 6.07. The zero-order valence-corrected chi connectivity index (χ0v) is 20.8. The van der Waals surface area contributed by atoms with Gasteiger partial charge < -0.3 is 19.9 Å². The number of halogens is 2. The number of hydrogen-bond donors (Lipinski definition) is 1. The molecule has 0 radical (unpaired) electrons. The number of carbonyl (C=O) groups excluding carboxylic acids is 3. The minimum absolute atomic E-state index is 0.00534. The van der Waals surface area contributed by atoms with Gasteiger partial charge in [0.05, 0.1) is 17.0 Å². The maximum Gasteiger partial charge on any atom is 0.387 e. The van der Waals surface area contributed by atoms with E-state index in [4.69, 9.17) is 0 Å². The molecule has 1 saturated heterocycles. The van der Waals surface area contributed by atoms with Crippen LogP contribution in [0.3, 0.4) is 0 Å². The molecule has 194 valence electrons. The van der Waals surface area contributed by atoms with Crippen LogP contribution in [0.1, 0.15) is 42.6 Å². The van der Waals surface area contributed by atoms with Gasteiger partial charge in [-0.3, -0.25) is 14.4 Å². The molecule has 2 aliphatic rings. The van der Waals surface area contributed by atoms with E-state index < -0.39 is 35.9 Å². The molecule has 2 aliphatic heterocycles. The summed E-state index contributed by atoms with van der Waals surface area (Å²) in [5.74, 6) is -1.71. The van der Waals surface area contributed by atoms with E-state index in [-0.39, 0.29) is 42.5 Å². The summed E-state index contributed by atoms with van der Waals surface area (Å²) in [7, 11) is 1.43. The fourth-order valence-corrected chi connectivity index (χ4v) is 5.22. The van der Waals surface area contributed by atoms with Crippen molar-refractivity contribution in [1.82, 2.24) is 9.80 Å². The zero-order chi connectivity index (χ0) is 26.9. The molecular weight excluding hydrogens is 482 g/mol. The molecule has 4 rings (SSSR count). The third-order valence-electron chi connectivity index (χ3n) is 7.02. The van der Waals surface area contributed by atoms with Gasteiger partial charge in [0.25, 0.3) is 5.91 Å². The Hall–Kier alpha value is -4.00. The van der Waals surface area contributed by atoms with Gasteiger partial charge in [0, 0.05) is 25.7 Å². The third-order valence-corrected chi connectivity index (χ3v) is 7.02. The summed E-state index contributed by atoms with van der Waals surface area (Å²) in [6.45, 7) is 0.653. The first kappa shape index (κ1) is 26.1. The first-order valence-electron chi connectivity index (χ1n) is 12.0. The van der Waals surface area contributed by atoms with E-state index in [1.807, 2.05) is 19.9 Å². The molecule has 3 atom stereocenters. The van der Waals surface area contributed by atoms with Crippen molar-refractivity contribution in [3.63, 3.8) is 0 Å². The van der Waals surface area contributed by atoms with Gasteiger partial charge in [-0.1, -0.05) is 44.2 Å². The van der Waals surface area contributed by atoms with Crippen LogP contribution < -0.4 is 10.1 Å². The average molecular weight is 511 g/mol. The molecule has 10 heteroatoms. The fourth-order valence-electron chi connectivity index (χ4n) is 5.22. The van der Waals surface area contributed by atoms with Crippen molar-refractivity contribution in [2.75, 3.05) is 18.9 Å². The molecule has 8 nitrogen and oxygen atoms in total. The topological polar surface area (TPSA) is 103 Å². The lowest BCUT2D eigenvalue weighted by Crippen LogP contribution is -2.52. The van der Waals surface area contributed by atoms with E-state index >= 15 is 0 Å². The standard InChI is InChI=1S/C27H28F2N4O4/c1-16(2)12-21(32(3)23(34)18-8-4-7-11-22(18)37-26(28)29)24(35)33-15-27(13-17(33)14-30)19-9-5-6-10-20(19)31-25(27)36/h4-11,16-17,21,26H,12-13,15H2,1-3H3,(H,31,36)/t17-,21-,27-/m0/s1. The summed E-state index contributed by atoms with van der Waals surface area (Å²) in [4.78, 5) is 43.0. The SMILES string of the molecule is CC(C)C[C@@H](C(=O)N1C[C@]2(C[C@H]1C#N)C(=O)Nc1ccccc12)N(C)C(=O)c1ccccc1OC(F)F. The van der Waals surface area contributed by atoms with Crippen LogP contribution in [0.25, 0.3) is 0 Å². The van der Waals surface area contributed by atoms with Gasteiger partial charge in [-0.05, 0) is 36.1 Å². The number of fused-ring (bicyclic) bond motifs is 2. The van der Waals surface area contributed by atoms with Crippen LogP contribution in [0, 0.1) is 17.2 Å². The second-order valence-electron chi connectivity index (χ2n) is 9.83. The maximum absolute atomic E-state index is 13.9. The Morgan fingerprint density at radius 1 is 1.22 bits per heavy atom. The second-order valence-corrected chi connectivity index (χ2v) is 9.83. The largest absolute Gasteiger partial charge is 0.434 e. The van der Waals surface area contributed by atoms with Crippen molar-refractivity contribution in [3.05, 3.63) is 59.7 Å². The van der Waals surface area contributed by atoms with Gasteiger partial charge in [-0.15, -0.1) is 0 Å². The van der Waals surface area contributed by atoms with E-state index in [1.54, 1.807) is 18.2 Å². The van der Waals surface area contributed by atoms with E-state index in [0.29, 0.717) is 5.69 Å². The molecule has 0 bridgehead atoms. The van der Waals surface area contributed by atoms with Crippen LogP contribution in [-0.4, -0.2) is 59.8 Å². The lowest BCUT2D eigenvalue weighted by atomic mass is 9.80. The van der Waals surface area contributed by atoms with Crippen molar-refractivity contribution in [1.29, 1.82) is 5.26 Å². The smallest absolute Gasteiger partial charge is 0.387 e. The number of amides is 3. The molecule has 2 heterocycles. The van der Waals surface area contributed by atoms with Crippen molar-refractivity contribution in [2.24, 2.45) is 5.92 Å². The van der Waals surface area contributed by atoms with Gasteiger partial charge in [0.1, 0.15) is 17.8 Å². The van der Waals surface area contributed by atoms with Gasteiger partial charge in [0.15, 0.2) is 0 Å². The second kappa shape index (κ2) is 10.2. The lowest BCUT2D eigenvalue weighted by molar-refractivity contribution is -0.136. The Morgan fingerprint density at radius 2 is 1.89 bits per heavy atom. The quantitative estimate of drug-likeness (QED) is 0.611. The number of alkyl halides is 2. The number of hydrogen-bond acceptors (Lipinski definition) is 5. The predicted octanol–water partition coefficient (Wildman–Crippen LogP) is 3.79. The number of para-hydroxylation sites is 2. The summed E-state index contributed by atoms with van der Waals surface area (Å²) in [5, 5.41) is 12.8. The minimum Gasteiger partial charge on any atom is -0.434 e. The predicted molar refractivity (Wildman–Crippen MR) is 131 cm³/mol. The average Bonchev–Trinajstić information content (AvgIpc) is 3.39. The van der Waals surface area contributed by atoms with E-state index in [2.05, 4.69) is 16.1 Å². The molecule has 2 aromatic carbocycles. The molecule has 1 spiro atoms. The molecule has 0 aromatic heterocycles. The summed E-state index contributed by atoms with van der Waals surface area (Å²) in [6, 6.07) is 13.1. The highest BCUT2D eigenvalue weighted by Gasteiger charge is 2.56. The maximum atomic E-state index is 13.9. The summed E-state index contributed by atoms with van der Waals surface area (Å²) in [6.07, 6.45) is 0.401. The number of benzene rings is 2. The number of ether oxygens (including phenoxy) is 1. The lowest BCUT2D eigenvalue weighted by Gasteiger charge is -2.33. The first-order chi connectivity index (χ1) is 17.6. The van der Waals surface area contributed by atoms with Gasteiger partial charge in [0.2, 0.25) is 11.8 Å². The van der Waals surface area contributed by atoms with Crippen molar-refractivity contribution in [3.8, 4) is 11.8 Å². The number of likely N-dealkylation sites (N-methyl/N-ethyl adjacent to an activating group) is 1. The van der Waals surface area contributed by atoms with Crippen LogP contribution in [0.4, 0.5) is 14.5 Å². The Balaban J connectivity index is 1.66. The molecule has 0 unspecified atom stereocenters. The molecule has 37 heavy (non-hydrogen) atoms. The Labute approximate surface area is 213 Å². The molecule has 2 aromatic rings. The monoisotopic (exact) mass is 510 g/mol. The van der Waals surface area contributed by atoms with Gasteiger partial charge >= 0.3 is 6.61 Å². The highest BCUT2D eigenvalue weighted by Crippen LogP contribution is 2.46. The van der Waals surface area contributed by atoms with Crippen LogP contribution in [0.5, 0.6) is 5.75 Å². The van der Waals surface area contributed by atoms with Gasteiger partial charge in [-0.2, -0.15) is 14.0 Å². The summed E-state index contributed by atoms with van der Waals surface area (Å²) >= 11 is 0. The molecule has 0 saturated carbocycles. The normalized spacial score (nSPS) is 21.1. The summed E-state index contributed by atoms with van der Waals surface area (Å²) < 4.78 is 30.4. The molecule has 0 aliphatic carbocycles. The number of nitrogens with one attached hydrogen (secondary N) is 1. The number of rotatable bonds is 7. The first-order valence-corrected chi connectivity index (χ1v) is 12.0. The number of carbonyl (C=O) groups is 3. The minimum atomic E-state index is -3.12. The van der Waals surface area contributed by atoms with Crippen LogP contribution in [0.2, 0.25) is 0 Å². The zero-order valence-electron chi connectivity index (χ0n) is 20.8. The van der Waals surface area contributed by atoms with Crippen LogP contribution >= 0.6 is 0 Å². The molecule has 1 fully saturated rings. The van der Waals surface area contributed by atoms with Gasteiger partial charge in [-0.25, -0.2) is 0 Å². The van der Waals surface area contributed by atoms with Crippen LogP contribution in [-0.2, 0) is 15.0 Å². The van der Waals surface area contributed by atoms with E-state index in [9.17, 15) is 28.4 Å². The Bertz CT molecular complexity index is 1260. The Kier molecular flexibility index (Phi) is 7.16. The van der Waals surface area contributed by atoms with Crippen molar-refractivity contribution >= 4 is 23.4 Å². The fraction of sp³-hybridized carbons (Fsp3) is 0.407. The molecule has 3 amide bonds. The highest BCUT2D eigenvalue weighted by atomic mass is 19.3. The summed E-state index contributed by atoms with van der Waals surface area (Å²) in [5.41, 5.74) is 0.222. The third kappa shape index (κ3) is 4.73. The van der Waals surface area contributed by atoms with Crippen molar-refractivity contribution in [2.45, 2.75) is 50.8 Å². The Morgan fingerprint density at radius 3 is 2.57 bits per heavy atom. The van der Waals surface area contributed by atoms with E-state index in [0.717, 1.165) is 5.56 Å². The number of nitriles is 1. The van der Waals surface area contributed by atoms with Crippen molar-refractivity contribution < 1.29 is 27.9 Å².